The normalized spacial score (nSPS) is 15.3. The first-order valence-corrected chi connectivity index (χ1v) is 8.72. The highest BCUT2D eigenvalue weighted by atomic mass is 19.3. The van der Waals surface area contributed by atoms with Crippen LogP contribution in [0.3, 0.4) is 0 Å². The number of hydrogen-bond acceptors (Lipinski definition) is 4. The van der Waals surface area contributed by atoms with Gasteiger partial charge in [0, 0.05) is 45.1 Å². The molecule has 1 heterocycles. The lowest BCUT2D eigenvalue weighted by Gasteiger charge is -2.25. The fraction of sp³-hybridized carbons (Fsp3) is 0.500. The van der Waals surface area contributed by atoms with E-state index in [-0.39, 0.29) is 30.7 Å². The summed E-state index contributed by atoms with van der Waals surface area (Å²) in [5, 5.41) is 6.02. The van der Waals surface area contributed by atoms with Crippen molar-refractivity contribution in [2.45, 2.75) is 39.3 Å². The minimum atomic E-state index is -2.90. The number of rotatable bonds is 7. The summed E-state index contributed by atoms with van der Waals surface area (Å²) in [7, 11) is 1.57. The summed E-state index contributed by atoms with van der Waals surface area (Å²) in [5.74, 6) is 0.202. The Hall–Kier alpha value is -2.71. The molecule has 1 fully saturated rings. The van der Waals surface area contributed by atoms with Gasteiger partial charge in [-0.05, 0) is 19.4 Å². The number of piperidine rings is 1. The van der Waals surface area contributed by atoms with Gasteiger partial charge in [0.15, 0.2) is 5.96 Å². The highest BCUT2D eigenvalue weighted by Crippen LogP contribution is 2.22. The van der Waals surface area contributed by atoms with Crippen LogP contribution in [-0.2, 0) is 16.1 Å². The fourth-order valence-electron chi connectivity index (χ4n) is 2.79. The zero-order valence-electron chi connectivity index (χ0n) is 15.4. The van der Waals surface area contributed by atoms with E-state index >= 15 is 0 Å². The predicted octanol–water partition coefficient (Wildman–Crippen LogP) is 1.80. The molecule has 0 atom stereocenters. The van der Waals surface area contributed by atoms with E-state index in [0.29, 0.717) is 37.3 Å². The number of nitrogens with one attached hydrogen (secondary N) is 2. The molecular formula is C18H24F2N4O3. The molecule has 2 amide bonds. The molecule has 0 saturated carbocycles. The monoisotopic (exact) mass is 382 g/mol. The molecule has 0 spiro atoms. The van der Waals surface area contributed by atoms with Crippen LogP contribution in [0.5, 0.6) is 5.75 Å². The lowest BCUT2D eigenvalue weighted by atomic mass is 10.1. The molecule has 0 unspecified atom stereocenters. The molecule has 2 N–H and O–H groups in total. The van der Waals surface area contributed by atoms with Crippen LogP contribution in [-0.4, -0.2) is 49.4 Å². The van der Waals surface area contributed by atoms with Crippen molar-refractivity contribution in [3.8, 4) is 5.75 Å². The van der Waals surface area contributed by atoms with Crippen molar-refractivity contribution >= 4 is 17.8 Å². The number of imide groups is 1. The predicted molar refractivity (Wildman–Crippen MR) is 96.6 cm³/mol. The van der Waals surface area contributed by atoms with Crippen molar-refractivity contribution in [1.29, 1.82) is 0 Å². The van der Waals surface area contributed by atoms with Crippen LogP contribution in [0.4, 0.5) is 8.78 Å². The van der Waals surface area contributed by atoms with E-state index in [2.05, 4.69) is 20.4 Å². The number of hydrogen-bond donors (Lipinski definition) is 2. The van der Waals surface area contributed by atoms with Crippen LogP contribution in [0.2, 0.25) is 0 Å². The van der Waals surface area contributed by atoms with Crippen LogP contribution in [0, 0.1) is 6.92 Å². The molecule has 0 aromatic heterocycles. The van der Waals surface area contributed by atoms with Crippen molar-refractivity contribution in [3.05, 3.63) is 29.3 Å². The third kappa shape index (κ3) is 6.19. The lowest BCUT2D eigenvalue weighted by molar-refractivity contribution is -0.147. The Morgan fingerprint density at radius 2 is 1.96 bits per heavy atom. The van der Waals surface area contributed by atoms with E-state index in [1.54, 1.807) is 19.2 Å². The van der Waals surface area contributed by atoms with Gasteiger partial charge in [0.2, 0.25) is 11.8 Å². The third-order valence-electron chi connectivity index (χ3n) is 4.11. The Morgan fingerprint density at radius 3 is 2.59 bits per heavy atom. The largest absolute Gasteiger partial charge is 0.434 e. The summed E-state index contributed by atoms with van der Waals surface area (Å²) in [6.45, 7) is -0.225. The summed E-state index contributed by atoms with van der Waals surface area (Å²) in [6.07, 6.45) is 1.38. The number of nitrogens with zero attached hydrogens (tertiary/aromatic N) is 2. The van der Waals surface area contributed by atoms with Gasteiger partial charge in [0.25, 0.3) is 0 Å². The number of carbonyl (C=O) groups excluding carboxylic acids is 2. The van der Waals surface area contributed by atoms with E-state index in [0.717, 1.165) is 5.56 Å². The maximum Gasteiger partial charge on any atom is 0.387 e. The molecule has 1 aromatic carbocycles. The molecule has 0 bridgehead atoms. The van der Waals surface area contributed by atoms with E-state index in [4.69, 9.17) is 0 Å². The molecule has 9 heteroatoms. The summed E-state index contributed by atoms with van der Waals surface area (Å²) in [4.78, 5) is 28.9. The van der Waals surface area contributed by atoms with E-state index in [1.807, 2.05) is 6.92 Å². The average Bonchev–Trinajstić information content (AvgIpc) is 2.61. The summed E-state index contributed by atoms with van der Waals surface area (Å²) in [6, 6.07) is 4.95. The van der Waals surface area contributed by atoms with Crippen molar-refractivity contribution in [3.63, 3.8) is 0 Å². The number of guanidine groups is 1. The van der Waals surface area contributed by atoms with Crippen LogP contribution in [0.25, 0.3) is 0 Å². The Bertz CT molecular complexity index is 694. The van der Waals surface area contributed by atoms with Crippen LogP contribution >= 0.6 is 0 Å². The quantitative estimate of drug-likeness (QED) is 0.427. The second-order valence-electron chi connectivity index (χ2n) is 6.13. The molecule has 0 aliphatic carbocycles. The molecular weight excluding hydrogens is 358 g/mol. The van der Waals surface area contributed by atoms with Crippen molar-refractivity contribution in [2.24, 2.45) is 4.99 Å². The third-order valence-corrected chi connectivity index (χ3v) is 4.11. The van der Waals surface area contributed by atoms with Gasteiger partial charge in [0.05, 0.1) is 0 Å². The van der Waals surface area contributed by atoms with E-state index in [1.165, 1.54) is 11.0 Å². The zero-order chi connectivity index (χ0) is 19.8. The Morgan fingerprint density at radius 1 is 1.26 bits per heavy atom. The molecule has 1 aliphatic heterocycles. The number of halogens is 2. The highest BCUT2D eigenvalue weighted by Gasteiger charge is 2.25. The fourth-order valence-corrected chi connectivity index (χ4v) is 2.79. The molecule has 148 valence electrons. The molecule has 2 rings (SSSR count). The molecule has 7 nitrogen and oxygen atoms in total. The minimum absolute atomic E-state index is 0.100. The van der Waals surface area contributed by atoms with Crippen molar-refractivity contribution in [2.75, 3.05) is 20.1 Å². The number of amides is 2. The molecule has 1 aromatic rings. The smallest absolute Gasteiger partial charge is 0.387 e. The number of alkyl halides is 2. The number of carbonyl (C=O) groups is 2. The Balaban J connectivity index is 1.88. The van der Waals surface area contributed by atoms with Crippen molar-refractivity contribution in [1.82, 2.24) is 15.5 Å². The molecule has 0 radical (unpaired) electrons. The number of aryl methyl sites for hydroxylation is 1. The maximum absolute atomic E-state index is 12.5. The van der Waals surface area contributed by atoms with Gasteiger partial charge in [0.1, 0.15) is 5.75 Å². The number of likely N-dealkylation sites (tertiary alicyclic amines) is 1. The zero-order valence-corrected chi connectivity index (χ0v) is 15.4. The van der Waals surface area contributed by atoms with Gasteiger partial charge < -0.3 is 15.4 Å². The van der Waals surface area contributed by atoms with Gasteiger partial charge >= 0.3 is 6.61 Å². The Kier molecular flexibility index (Phi) is 7.51. The van der Waals surface area contributed by atoms with Gasteiger partial charge in [-0.1, -0.05) is 17.7 Å². The summed E-state index contributed by atoms with van der Waals surface area (Å²) < 4.78 is 29.6. The highest BCUT2D eigenvalue weighted by molar-refractivity contribution is 5.97. The summed E-state index contributed by atoms with van der Waals surface area (Å²) >= 11 is 0. The first-order chi connectivity index (χ1) is 12.9. The van der Waals surface area contributed by atoms with E-state index in [9.17, 15) is 18.4 Å². The second kappa shape index (κ2) is 9.84. The van der Waals surface area contributed by atoms with E-state index < -0.39 is 6.61 Å². The standard InChI is InChI=1S/C18H24F2N4O3/c1-12-6-7-14(27-17(19)20)13(10-12)11-23-18(21-2)22-8-9-24-15(25)4-3-5-16(24)26/h6-7,10,17H,3-5,8-9,11H2,1-2H3,(H2,21,22,23). The maximum atomic E-state index is 12.5. The molecule has 1 saturated heterocycles. The lowest BCUT2D eigenvalue weighted by Crippen LogP contribution is -2.46. The first kappa shape index (κ1) is 20.6. The second-order valence-corrected chi connectivity index (χ2v) is 6.13. The SMILES string of the molecule is CN=C(NCCN1C(=O)CCCC1=O)NCc1cc(C)ccc1OC(F)F. The summed E-state index contributed by atoms with van der Waals surface area (Å²) in [5.41, 5.74) is 1.48. The van der Waals surface area contributed by atoms with Crippen LogP contribution in [0.15, 0.2) is 23.2 Å². The van der Waals surface area contributed by atoms with Crippen LogP contribution in [0.1, 0.15) is 30.4 Å². The number of benzene rings is 1. The van der Waals surface area contributed by atoms with Crippen molar-refractivity contribution < 1.29 is 23.1 Å². The molecule has 1 aliphatic rings. The molecule has 27 heavy (non-hydrogen) atoms. The first-order valence-electron chi connectivity index (χ1n) is 8.72. The number of ether oxygens (including phenoxy) is 1. The Labute approximate surface area is 156 Å². The van der Waals surface area contributed by atoms with Gasteiger partial charge in [-0.25, -0.2) is 0 Å². The average molecular weight is 382 g/mol. The topological polar surface area (TPSA) is 83.0 Å². The number of aliphatic imine (C=N–C) groups is 1. The van der Waals surface area contributed by atoms with Gasteiger partial charge in [-0.2, -0.15) is 8.78 Å². The van der Waals surface area contributed by atoms with Gasteiger partial charge in [-0.15, -0.1) is 0 Å². The van der Waals surface area contributed by atoms with Gasteiger partial charge in [-0.3, -0.25) is 19.5 Å². The minimum Gasteiger partial charge on any atom is -0.434 e. The van der Waals surface area contributed by atoms with Crippen LogP contribution < -0.4 is 15.4 Å².